The van der Waals surface area contributed by atoms with E-state index in [9.17, 15) is 9.59 Å². The standard InChI is InChI=1S/C17H22N4O3S/c1-4-24-17(23)21-7-5-20(6-8-21)16(22)14-13(18)12-10(2)9-11(3)19-15(12)25-14/h9H,4-8,18H2,1-3H3. The molecule has 0 bridgehead atoms. The molecule has 134 valence electrons. The number of fused-ring (bicyclic) bond motifs is 1. The van der Waals surface area contributed by atoms with Gasteiger partial charge in [-0.15, -0.1) is 11.3 Å². The summed E-state index contributed by atoms with van der Waals surface area (Å²) < 4.78 is 5.00. The monoisotopic (exact) mass is 362 g/mol. The molecule has 0 unspecified atom stereocenters. The second-order valence-corrected chi connectivity index (χ2v) is 7.08. The molecule has 0 atom stereocenters. The molecule has 1 saturated heterocycles. The first-order chi connectivity index (χ1) is 11.9. The van der Waals surface area contributed by atoms with Crippen molar-refractivity contribution in [1.29, 1.82) is 0 Å². The molecule has 1 aliphatic heterocycles. The molecule has 1 fully saturated rings. The molecule has 0 radical (unpaired) electrons. The van der Waals surface area contributed by atoms with E-state index in [1.165, 1.54) is 11.3 Å². The van der Waals surface area contributed by atoms with Gasteiger partial charge in [-0.1, -0.05) is 0 Å². The van der Waals surface area contributed by atoms with Gasteiger partial charge < -0.3 is 20.3 Å². The number of thiophene rings is 1. The molecule has 2 N–H and O–H groups in total. The number of hydrogen-bond acceptors (Lipinski definition) is 6. The highest BCUT2D eigenvalue weighted by Crippen LogP contribution is 2.35. The quantitative estimate of drug-likeness (QED) is 0.886. The number of pyridine rings is 1. The molecule has 25 heavy (non-hydrogen) atoms. The Labute approximate surface area is 150 Å². The van der Waals surface area contributed by atoms with E-state index in [4.69, 9.17) is 10.5 Å². The van der Waals surface area contributed by atoms with Gasteiger partial charge in [0.2, 0.25) is 0 Å². The van der Waals surface area contributed by atoms with Crippen molar-refractivity contribution in [3.8, 4) is 0 Å². The van der Waals surface area contributed by atoms with Crippen LogP contribution >= 0.6 is 11.3 Å². The first-order valence-corrected chi connectivity index (χ1v) is 9.11. The predicted octanol–water partition coefficient (Wildman–Crippen LogP) is 2.41. The SMILES string of the molecule is CCOC(=O)N1CCN(C(=O)c2sc3nc(C)cc(C)c3c2N)CC1. The van der Waals surface area contributed by atoms with E-state index in [1.54, 1.807) is 16.7 Å². The van der Waals surface area contributed by atoms with Crippen molar-refractivity contribution in [2.24, 2.45) is 0 Å². The minimum absolute atomic E-state index is 0.0962. The fraction of sp³-hybridized carbons (Fsp3) is 0.471. The van der Waals surface area contributed by atoms with Crippen molar-refractivity contribution < 1.29 is 14.3 Å². The summed E-state index contributed by atoms with van der Waals surface area (Å²) in [6, 6.07) is 1.97. The summed E-state index contributed by atoms with van der Waals surface area (Å²) in [6.45, 7) is 7.90. The van der Waals surface area contributed by atoms with Crippen LogP contribution in [0.2, 0.25) is 0 Å². The van der Waals surface area contributed by atoms with E-state index in [2.05, 4.69) is 4.98 Å². The lowest BCUT2D eigenvalue weighted by atomic mass is 10.1. The third-order valence-electron chi connectivity index (χ3n) is 4.31. The van der Waals surface area contributed by atoms with Crippen LogP contribution in [0.5, 0.6) is 0 Å². The minimum atomic E-state index is -0.328. The molecule has 7 nitrogen and oxygen atoms in total. The van der Waals surface area contributed by atoms with Gasteiger partial charge in [0.05, 0.1) is 12.3 Å². The maximum absolute atomic E-state index is 12.9. The van der Waals surface area contributed by atoms with Crippen molar-refractivity contribution in [3.63, 3.8) is 0 Å². The highest BCUT2D eigenvalue weighted by molar-refractivity contribution is 7.21. The molecule has 3 rings (SSSR count). The average Bonchev–Trinajstić information content (AvgIpc) is 2.91. The Hall–Kier alpha value is -2.35. The first kappa shape index (κ1) is 17.5. The average molecular weight is 362 g/mol. The largest absolute Gasteiger partial charge is 0.450 e. The lowest BCUT2D eigenvalue weighted by Crippen LogP contribution is -2.50. The smallest absolute Gasteiger partial charge is 0.409 e. The number of rotatable bonds is 2. The molecule has 0 spiro atoms. The summed E-state index contributed by atoms with van der Waals surface area (Å²) in [7, 11) is 0. The number of aryl methyl sites for hydroxylation is 2. The number of aromatic nitrogens is 1. The number of nitrogens with zero attached hydrogens (tertiary/aromatic N) is 3. The number of ether oxygens (including phenoxy) is 1. The molecule has 8 heteroatoms. The van der Waals surface area contributed by atoms with E-state index in [-0.39, 0.29) is 12.0 Å². The van der Waals surface area contributed by atoms with Crippen molar-refractivity contribution >= 4 is 39.2 Å². The Morgan fingerprint density at radius 1 is 1.24 bits per heavy atom. The summed E-state index contributed by atoms with van der Waals surface area (Å²) in [6.07, 6.45) is -0.328. The van der Waals surface area contributed by atoms with Crippen LogP contribution in [-0.4, -0.2) is 59.6 Å². The zero-order valence-electron chi connectivity index (χ0n) is 14.7. The van der Waals surface area contributed by atoms with Crippen LogP contribution in [0.1, 0.15) is 27.9 Å². The van der Waals surface area contributed by atoms with E-state index in [1.807, 2.05) is 19.9 Å². The predicted molar refractivity (Wildman–Crippen MR) is 98.0 cm³/mol. The Morgan fingerprint density at radius 3 is 2.52 bits per heavy atom. The molecular formula is C17H22N4O3S. The van der Waals surface area contributed by atoms with Crippen LogP contribution in [0.15, 0.2) is 6.07 Å². The number of amides is 2. The fourth-order valence-corrected chi connectivity index (χ4v) is 4.26. The normalized spacial score (nSPS) is 14.8. The lowest BCUT2D eigenvalue weighted by molar-refractivity contribution is 0.0575. The Balaban J connectivity index is 1.78. The zero-order valence-corrected chi connectivity index (χ0v) is 15.5. The van der Waals surface area contributed by atoms with Gasteiger partial charge in [-0.2, -0.15) is 0 Å². The van der Waals surface area contributed by atoms with Crippen LogP contribution in [0, 0.1) is 13.8 Å². The number of carbonyl (C=O) groups excluding carboxylic acids is 2. The highest BCUT2D eigenvalue weighted by atomic mass is 32.1. The van der Waals surface area contributed by atoms with E-state index >= 15 is 0 Å². The second kappa shape index (κ2) is 6.87. The number of nitrogen functional groups attached to an aromatic ring is 1. The number of nitrogens with two attached hydrogens (primary N) is 1. The number of hydrogen-bond donors (Lipinski definition) is 1. The zero-order chi connectivity index (χ0) is 18.1. The van der Waals surface area contributed by atoms with Gasteiger partial charge in [0.25, 0.3) is 5.91 Å². The van der Waals surface area contributed by atoms with Gasteiger partial charge in [0, 0.05) is 37.3 Å². The first-order valence-electron chi connectivity index (χ1n) is 8.29. The molecular weight excluding hydrogens is 340 g/mol. The van der Waals surface area contributed by atoms with Crippen LogP contribution < -0.4 is 5.73 Å². The lowest BCUT2D eigenvalue weighted by Gasteiger charge is -2.33. The van der Waals surface area contributed by atoms with Gasteiger partial charge in [0.1, 0.15) is 9.71 Å². The number of carbonyl (C=O) groups is 2. The van der Waals surface area contributed by atoms with E-state index in [0.29, 0.717) is 43.4 Å². The number of anilines is 1. The highest BCUT2D eigenvalue weighted by Gasteiger charge is 2.28. The molecule has 0 aliphatic carbocycles. The van der Waals surface area contributed by atoms with Crippen LogP contribution in [0.25, 0.3) is 10.2 Å². The molecule has 3 heterocycles. The minimum Gasteiger partial charge on any atom is -0.450 e. The third kappa shape index (κ3) is 3.26. The maximum Gasteiger partial charge on any atom is 0.409 e. The van der Waals surface area contributed by atoms with Crippen molar-refractivity contribution in [1.82, 2.24) is 14.8 Å². The molecule has 2 aromatic rings. The molecule has 1 aliphatic rings. The van der Waals surface area contributed by atoms with Crippen LogP contribution in [0.4, 0.5) is 10.5 Å². The van der Waals surface area contributed by atoms with E-state index in [0.717, 1.165) is 21.5 Å². The summed E-state index contributed by atoms with van der Waals surface area (Å²) in [5.74, 6) is -0.0962. The summed E-state index contributed by atoms with van der Waals surface area (Å²) in [5, 5.41) is 0.865. The van der Waals surface area contributed by atoms with Gasteiger partial charge in [-0.05, 0) is 32.4 Å². The number of piperazine rings is 1. The summed E-state index contributed by atoms with van der Waals surface area (Å²) >= 11 is 1.34. The Kier molecular flexibility index (Phi) is 4.80. The van der Waals surface area contributed by atoms with Crippen LogP contribution in [-0.2, 0) is 4.74 Å². The van der Waals surface area contributed by atoms with Gasteiger partial charge in [-0.25, -0.2) is 9.78 Å². The molecule has 2 aromatic heterocycles. The van der Waals surface area contributed by atoms with Gasteiger partial charge in [-0.3, -0.25) is 4.79 Å². The fourth-order valence-electron chi connectivity index (χ4n) is 3.08. The van der Waals surface area contributed by atoms with E-state index < -0.39 is 0 Å². The topological polar surface area (TPSA) is 88.8 Å². The van der Waals surface area contributed by atoms with Gasteiger partial charge in [0.15, 0.2) is 0 Å². The Morgan fingerprint density at radius 2 is 1.88 bits per heavy atom. The maximum atomic E-state index is 12.9. The van der Waals surface area contributed by atoms with Crippen molar-refractivity contribution in [3.05, 3.63) is 22.2 Å². The Bertz CT molecular complexity index is 825. The third-order valence-corrected chi connectivity index (χ3v) is 5.40. The second-order valence-electron chi connectivity index (χ2n) is 6.08. The van der Waals surface area contributed by atoms with Gasteiger partial charge >= 0.3 is 6.09 Å². The molecule has 0 aromatic carbocycles. The molecule has 2 amide bonds. The van der Waals surface area contributed by atoms with Crippen molar-refractivity contribution in [2.45, 2.75) is 20.8 Å². The van der Waals surface area contributed by atoms with Crippen molar-refractivity contribution in [2.75, 3.05) is 38.5 Å². The molecule has 0 saturated carbocycles. The van der Waals surface area contributed by atoms with Crippen LogP contribution in [0.3, 0.4) is 0 Å². The summed E-state index contributed by atoms with van der Waals surface area (Å²) in [5.41, 5.74) is 8.69. The summed E-state index contributed by atoms with van der Waals surface area (Å²) in [4.78, 5) is 33.8.